The van der Waals surface area contributed by atoms with E-state index in [-0.39, 0.29) is 6.10 Å². The van der Waals surface area contributed by atoms with Crippen LogP contribution < -0.4 is 16.2 Å². The van der Waals surface area contributed by atoms with Crippen molar-refractivity contribution in [3.05, 3.63) is 12.3 Å². The third-order valence-corrected chi connectivity index (χ3v) is 2.04. The summed E-state index contributed by atoms with van der Waals surface area (Å²) in [5, 5.41) is 0. The van der Waals surface area contributed by atoms with E-state index in [1.54, 1.807) is 6.20 Å². The molecule has 0 saturated carbocycles. The van der Waals surface area contributed by atoms with Crippen LogP contribution in [0.2, 0.25) is 0 Å². The van der Waals surface area contributed by atoms with E-state index in [9.17, 15) is 0 Å². The molecule has 0 spiro atoms. The fourth-order valence-electron chi connectivity index (χ4n) is 1.17. The number of hydrogen-bond donors (Lipinski definition) is 2. The largest absolute Gasteiger partial charge is 0.377 e. The molecule has 1 rings (SSSR count). The monoisotopic (exact) mass is 225 g/mol. The van der Waals surface area contributed by atoms with Crippen molar-refractivity contribution in [3.63, 3.8) is 0 Å². The molecule has 6 heteroatoms. The first kappa shape index (κ1) is 12.7. The Labute approximate surface area is 95.8 Å². The number of nitrogens with two attached hydrogens (primary N) is 1. The number of nitrogens with one attached hydrogen (secondary N) is 1. The van der Waals surface area contributed by atoms with E-state index in [0.29, 0.717) is 12.6 Å². The minimum Gasteiger partial charge on any atom is -0.377 e. The molecule has 0 bridgehead atoms. The molecule has 16 heavy (non-hydrogen) atoms. The lowest BCUT2D eigenvalue weighted by atomic mass is 10.4. The first-order chi connectivity index (χ1) is 7.63. The van der Waals surface area contributed by atoms with Gasteiger partial charge in [0.2, 0.25) is 5.95 Å². The Kier molecular flexibility index (Phi) is 4.94. The van der Waals surface area contributed by atoms with Gasteiger partial charge < -0.3 is 9.64 Å². The van der Waals surface area contributed by atoms with Gasteiger partial charge in [0.15, 0.2) is 0 Å². The molecule has 0 atom stereocenters. The molecule has 0 aliphatic carbocycles. The van der Waals surface area contributed by atoms with Crippen molar-refractivity contribution in [2.45, 2.75) is 20.0 Å². The van der Waals surface area contributed by atoms with Crippen molar-refractivity contribution in [1.82, 2.24) is 9.97 Å². The molecule has 0 aromatic carbocycles. The van der Waals surface area contributed by atoms with E-state index in [1.807, 2.05) is 31.9 Å². The Morgan fingerprint density at radius 2 is 2.31 bits per heavy atom. The van der Waals surface area contributed by atoms with Gasteiger partial charge in [0.05, 0.1) is 12.7 Å². The minimum absolute atomic E-state index is 0.250. The fraction of sp³-hybridized carbons (Fsp3) is 0.600. The van der Waals surface area contributed by atoms with Gasteiger partial charge >= 0.3 is 0 Å². The maximum atomic E-state index is 5.47. The van der Waals surface area contributed by atoms with Gasteiger partial charge in [-0.2, -0.15) is 4.98 Å². The van der Waals surface area contributed by atoms with Crippen LogP contribution in [-0.4, -0.2) is 36.3 Å². The van der Waals surface area contributed by atoms with Crippen molar-refractivity contribution < 1.29 is 4.74 Å². The Balaban J connectivity index is 2.48. The number of likely N-dealkylation sites (N-methyl/N-ethyl adjacent to an activating group) is 1. The number of rotatable bonds is 6. The first-order valence-corrected chi connectivity index (χ1v) is 5.26. The van der Waals surface area contributed by atoms with Crippen molar-refractivity contribution in [1.29, 1.82) is 0 Å². The molecule has 1 aromatic rings. The van der Waals surface area contributed by atoms with E-state index in [2.05, 4.69) is 15.4 Å². The van der Waals surface area contributed by atoms with Crippen LogP contribution in [0.4, 0.5) is 11.8 Å². The summed E-state index contributed by atoms with van der Waals surface area (Å²) in [6.07, 6.45) is 1.91. The standard InChI is InChI=1S/C10H19N5O/c1-8(2)16-7-6-15(3)9-4-5-12-10(13-9)14-11/h4-5,8H,6-7,11H2,1-3H3,(H,12,13,14). The average molecular weight is 225 g/mol. The molecule has 0 radical (unpaired) electrons. The lowest BCUT2D eigenvalue weighted by Crippen LogP contribution is -2.25. The molecule has 0 fully saturated rings. The number of hydrogen-bond acceptors (Lipinski definition) is 6. The number of ether oxygens (including phenoxy) is 1. The highest BCUT2D eigenvalue weighted by atomic mass is 16.5. The molecule has 90 valence electrons. The summed E-state index contributed by atoms with van der Waals surface area (Å²) in [5.41, 5.74) is 2.42. The molecule has 0 aliphatic heterocycles. The van der Waals surface area contributed by atoms with Gasteiger partial charge in [0.25, 0.3) is 0 Å². The van der Waals surface area contributed by atoms with Crippen LogP contribution in [0.3, 0.4) is 0 Å². The Morgan fingerprint density at radius 1 is 1.56 bits per heavy atom. The molecule has 0 amide bonds. The third-order valence-electron chi connectivity index (χ3n) is 2.04. The number of nitrogen functional groups attached to an aromatic ring is 1. The Bertz CT molecular complexity index is 318. The second kappa shape index (κ2) is 6.24. The highest BCUT2D eigenvalue weighted by Gasteiger charge is 2.04. The van der Waals surface area contributed by atoms with Crippen LogP contribution in [-0.2, 0) is 4.74 Å². The second-order valence-electron chi connectivity index (χ2n) is 3.72. The number of anilines is 2. The smallest absolute Gasteiger partial charge is 0.239 e. The van der Waals surface area contributed by atoms with Gasteiger partial charge in [0.1, 0.15) is 5.82 Å². The zero-order chi connectivity index (χ0) is 12.0. The summed E-state index contributed by atoms with van der Waals surface area (Å²) >= 11 is 0. The predicted octanol–water partition coefficient (Wildman–Crippen LogP) is 0.623. The summed E-state index contributed by atoms with van der Waals surface area (Å²) in [4.78, 5) is 10.1. The van der Waals surface area contributed by atoms with Gasteiger partial charge in [-0.05, 0) is 19.9 Å². The fourth-order valence-corrected chi connectivity index (χ4v) is 1.17. The number of hydrazine groups is 1. The van der Waals surface area contributed by atoms with E-state index in [0.717, 1.165) is 12.4 Å². The summed E-state index contributed by atoms with van der Waals surface area (Å²) in [7, 11) is 1.95. The summed E-state index contributed by atoms with van der Waals surface area (Å²) < 4.78 is 5.47. The molecule has 0 saturated heterocycles. The normalized spacial score (nSPS) is 10.6. The second-order valence-corrected chi connectivity index (χ2v) is 3.72. The highest BCUT2D eigenvalue weighted by molar-refractivity contribution is 5.40. The zero-order valence-corrected chi connectivity index (χ0v) is 9.97. The maximum Gasteiger partial charge on any atom is 0.239 e. The zero-order valence-electron chi connectivity index (χ0n) is 9.97. The van der Waals surface area contributed by atoms with Crippen LogP contribution >= 0.6 is 0 Å². The van der Waals surface area contributed by atoms with E-state index in [1.165, 1.54) is 0 Å². The quantitative estimate of drug-likeness (QED) is 0.546. The van der Waals surface area contributed by atoms with Gasteiger partial charge in [-0.3, -0.25) is 5.43 Å². The number of aromatic nitrogens is 2. The molecule has 1 heterocycles. The maximum absolute atomic E-state index is 5.47. The van der Waals surface area contributed by atoms with Crippen LogP contribution in [0, 0.1) is 0 Å². The van der Waals surface area contributed by atoms with Gasteiger partial charge in [-0.25, -0.2) is 10.8 Å². The summed E-state index contributed by atoms with van der Waals surface area (Å²) in [6.45, 7) is 5.48. The van der Waals surface area contributed by atoms with E-state index >= 15 is 0 Å². The average Bonchev–Trinajstić information content (AvgIpc) is 2.28. The van der Waals surface area contributed by atoms with Crippen LogP contribution in [0.5, 0.6) is 0 Å². The molecule has 6 nitrogen and oxygen atoms in total. The number of nitrogens with zero attached hydrogens (tertiary/aromatic N) is 3. The lowest BCUT2D eigenvalue weighted by molar-refractivity contribution is 0.0845. The summed E-state index contributed by atoms with van der Waals surface area (Å²) in [6, 6.07) is 1.83. The molecule has 1 aromatic heterocycles. The van der Waals surface area contributed by atoms with Crippen molar-refractivity contribution in [3.8, 4) is 0 Å². The van der Waals surface area contributed by atoms with Crippen LogP contribution in [0.1, 0.15) is 13.8 Å². The molecular weight excluding hydrogens is 206 g/mol. The van der Waals surface area contributed by atoms with Crippen molar-refractivity contribution in [2.24, 2.45) is 5.84 Å². The first-order valence-electron chi connectivity index (χ1n) is 5.26. The van der Waals surface area contributed by atoms with Crippen molar-refractivity contribution in [2.75, 3.05) is 30.5 Å². The third kappa shape index (κ3) is 4.00. The molecule has 3 N–H and O–H groups in total. The topological polar surface area (TPSA) is 76.3 Å². The van der Waals surface area contributed by atoms with Gasteiger partial charge in [-0.15, -0.1) is 0 Å². The van der Waals surface area contributed by atoms with Gasteiger partial charge in [-0.1, -0.05) is 0 Å². The molecule has 0 unspecified atom stereocenters. The molecule has 0 aliphatic rings. The van der Waals surface area contributed by atoms with Gasteiger partial charge in [0, 0.05) is 19.8 Å². The minimum atomic E-state index is 0.250. The lowest BCUT2D eigenvalue weighted by Gasteiger charge is -2.19. The Morgan fingerprint density at radius 3 is 2.94 bits per heavy atom. The van der Waals surface area contributed by atoms with Crippen LogP contribution in [0.25, 0.3) is 0 Å². The van der Waals surface area contributed by atoms with E-state index in [4.69, 9.17) is 10.6 Å². The predicted molar refractivity (Wildman–Crippen MR) is 64.2 cm³/mol. The highest BCUT2D eigenvalue weighted by Crippen LogP contribution is 2.09. The van der Waals surface area contributed by atoms with Crippen molar-refractivity contribution >= 4 is 11.8 Å². The Hall–Kier alpha value is -1.40. The SMILES string of the molecule is CC(C)OCCN(C)c1ccnc(NN)n1. The molecular formula is C10H19N5O. The van der Waals surface area contributed by atoms with Crippen LogP contribution in [0.15, 0.2) is 12.3 Å². The van der Waals surface area contributed by atoms with E-state index < -0.39 is 0 Å². The summed E-state index contributed by atoms with van der Waals surface area (Å²) in [5.74, 6) is 6.47.